The van der Waals surface area contributed by atoms with Gasteiger partial charge in [0.25, 0.3) is 5.95 Å². The van der Waals surface area contributed by atoms with Gasteiger partial charge < -0.3 is 19.2 Å². The van der Waals surface area contributed by atoms with Crippen LogP contribution in [0.3, 0.4) is 0 Å². The summed E-state index contributed by atoms with van der Waals surface area (Å²) in [5.41, 5.74) is 0.405. The fourth-order valence-corrected chi connectivity index (χ4v) is 5.96. The first-order chi connectivity index (χ1) is 18.6. The number of aromatic carboxylic acids is 1. The first kappa shape index (κ1) is 30.5. The molecule has 2 fully saturated rings. The van der Waals surface area contributed by atoms with Crippen LogP contribution in [0.4, 0.5) is 0 Å². The van der Waals surface area contributed by atoms with E-state index >= 15 is 0 Å². The van der Waals surface area contributed by atoms with Crippen molar-refractivity contribution in [3.05, 3.63) is 17.4 Å². The standard InChI is InChI=1S/C31H52N2O5/c1-2-3-4-5-6-7-8-9-10-11-12-16-23-37-29-25-26(30(38-29)31(35)36)24-28(34)33-21-19-32(20-22-33)27-17-14-13-15-18-27/h25,27H,2-24H2,1H3,(H,35,36). The molecule has 0 radical (unpaired) electrons. The molecule has 0 unspecified atom stereocenters. The summed E-state index contributed by atoms with van der Waals surface area (Å²) in [6.07, 6.45) is 21.9. The number of piperazine rings is 1. The van der Waals surface area contributed by atoms with Crippen molar-refractivity contribution in [3.63, 3.8) is 0 Å². The van der Waals surface area contributed by atoms with E-state index < -0.39 is 5.97 Å². The van der Waals surface area contributed by atoms with E-state index in [1.54, 1.807) is 6.07 Å². The van der Waals surface area contributed by atoms with Crippen LogP contribution in [0.25, 0.3) is 0 Å². The fraction of sp³-hybridized carbons (Fsp3) is 0.806. The minimum Gasteiger partial charge on any atom is -0.475 e. The molecule has 38 heavy (non-hydrogen) atoms. The van der Waals surface area contributed by atoms with Crippen LogP contribution >= 0.6 is 0 Å². The first-order valence-electron chi connectivity index (χ1n) is 15.6. The predicted molar refractivity (Wildman–Crippen MR) is 151 cm³/mol. The second kappa shape index (κ2) is 17.5. The third-order valence-corrected chi connectivity index (χ3v) is 8.32. The van der Waals surface area contributed by atoms with Crippen LogP contribution in [0.15, 0.2) is 10.5 Å². The number of carbonyl (C=O) groups is 2. The van der Waals surface area contributed by atoms with E-state index in [0.717, 1.165) is 25.9 Å². The van der Waals surface area contributed by atoms with Crippen LogP contribution in [0.1, 0.15) is 132 Å². The number of hydrogen-bond acceptors (Lipinski definition) is 5. The zero-order chi connectivity index (χ0) is 27.0. The van der Waals surface area contributed by atoms with E-state index in [2.05, 4.69) is 11.8 Å². The molecule has 1 amide bonds. The van der Waals surface area contributed by atoms with Gasteiger partial charge in [-0.1, -0.05) is 96.8 Å². The summed E-state index contributed by atoms with van der Waals surface area (Å²) in [5.74, 6) is -1.17. The van der Waals surface area contributed by atoms with Gasteiger partial charge in [-0.15, -0.1) is 0 Å². The van der Waals surface area contributed by atoms with Crippen molar-refractivity contribution >= 4 is 11.9 Å². The van der Waals surface area contributed by atoms with E-state index in [0.29, 0.717) is 31.3 Å². The second-order valence-corrected chi connectivity index (χ2v) is 11.3. The number of furan rings is 1. The van der Waals surface area contributed by atoms with E-state index in [9.17, 15) is 14.7 Å². The summed E-state index contributed by atoms with van der Waals surface area (Å²) in [4.78, 5) is 29.1. The molecule has 1 aliphatic heterocycles. The number of carboxylic acids is 1. The Balaban J connectivity index is 1.30. The molecule has 0 atom stereocenters. The van der Waals surface area contributed by atoms with Crippen LogP contribution in [-0.4, -0.2) is 65.6 Å². The number of carbonyl (C=O) groups excluding carboxylic acids is 1. The number of unbranched alkanes of at least 4 members (excludes halogenated alkanes) is 11. The zero-order valence-electron chi connectivity index (χ0n) is 23.9. The van der Waals surface area contributed by atoms with Crippen molar-refractivity contribution in [2.75, 3.05) is 32.8 Å². The van der Waals surface area contributed by atoms with E-state index in [-0.39, 0.29) is 24.0 Å². The highest BCUT2D eigenvalue weighted by atomic mass is 16.6. The molecule has 1 saturated heterocycles. The molecule has 2 heterocycles. The maximum atomic E-state index is 13.0. The highest BCUT2D eigenvalue weighted by molar-refractivity contribution is 5.89. The minimum atomic E-state index is -1.16. The monoisotopic (exact) mass is 532 g/mol. The maximum Gasteiger partial charge on any atom is 0.372 e. The first-order valence-corrected chi connectivity index (χ1v) is 15.6. The van der Waals surface area contributed by atoms with Crippen molar-refractivity contribution in [2.45, 2.75) is 129 Å². The predicted octanol–water partition coefficient (Wildman–Crippen LogP) is 7.08. The van der Waals surface area contributed by atoms with Gasteiger partial charge in [0.05, 0.1) is 13.0 Å². The van der Waals surface area contributed by atoms with Gasteiger partial charge in [-0.05, 0) is 19.3 Å². The molecule has 1 aromatic rings. The summed E-state index contributed by atoms with van der Waals surface area (Å²) in [7, 11) is 0. The number of amides is 1. The maximum absolute atomic E-state index is 13.0. The Morgan fingerprint density at radius 1 is 0.868 bits per heavy atom. The van der Waals surface area contributed by atoms with Crippen LogP contribution in [0.5, 0.6) is 5.95 Å². The Hall–Kier alpha value is -2.02. The lowest BCUT2D eigenvalue weighted by atomic mass is 9.94. The molecule has 0 aromatic carbocycles. The molecular weight excluding hydrogens is 480 g/mol. The van der Waals surface area contributed by atoms with Gasteiger partial charge in [0.15, 0.2) is 0 Å². The topological polar surface area (TPSA) is 83.2 Å². The number of carboxylic acid groups (broad SMARTS) is 1. The highest BCUT2D eigenvalue weighted by Gasteiger charge is 2.28. The smallest absolute Gasteiger partial charge is 0.372 e. The molecule has 2 aliphatic rings. The Bertz CT molecular complexity index is 809. The second-order valence-electron chi connectivity index (χ2n) is 11.3. The molecule has 216 valence electrons. The van der Waals surface area contributed by atoms with E-state index in [1.807, 2.05) is 4.90 Å². The summed E-state index contributed by atoms with van der Waals surface area (Å²) >= 11 is 0. The lowest BCUT2D eigenvalue weighted by Crippen LogP contribution is -2.52. The van der Waals surface area contributed by atoms with Crippen LogP contribution in [0, 0.1) is 0 Å². The van der Waals surface area contributed by atoms with Gasteiger partial charge in [-0.2, -0.15) is 0 Å². The van der Waals surface area contributed by atoms with E-state index in [4.69, 9.17) is 9.15 Å². The molecular formula is C31H52N2O5. The molecule has 7 nitrogen and oxygen atoms in total. The average molecular weight is 533 g/mol. The molecule has 1 N–H and O–H groups in total. The van der Waals surface area contributed by atoms with Gasteiger partial charge >= 0.3 is 5.97 Å². The molecule has 0 bridgehead atoms. The molecule has 1 aliphatic carbocycles. The number of nitrogens with zero attached hydrogens (tertiary/aromatic N) is 2. The summed E-state index contributed by atoms with van der Waals surface area (Å²) in [6, 6.07) is 2.26. The van der Waals surface area contributed by atoms with Crippen molar-refractivity contribution < 1.29 is 23.8 Å². The largest absolute Gasteiger partial charge is 0.475 e. The van der Waals surface area contributed by atoms with Crippen molar-refractivity contribution in [3.8, 4) is 5.95 Å². The van der Waals surface area contributed by atoms with Gasteiger partial charge in [0, 0.05) is 43.9 Å². The molecule has 7 heteroatoms. The summed E-state index contributed by atoms with van der Waals surface area (Å²) < 4.78 is 11.2. The molecule has 1 aromatic heterocycles. The Labute approximate surface area is 230 Å². The third-order valence-electron chi connectivity index (χ3n) is 8.32. The lowest BCUT2D eigenvalue weighted by molar-refractivity contribution is -0.132. The molecule has 3 rings (SSSR count). The summed E-state index contributed by atoms with van der Waals surface area (Å²) in [5, 5.41) is 9.58. The molecule has 1 saturated carbocycles. The van der Waals surface area contributed by atoms with Crippen molar-refractivity contribution in [1.29, 1.82) is 0 Å². The SMILES string of the molecule is CCCCCCCCCCCCCCOc1cc(CC(=O)N2CCN(C3CCCCC3)CC2)c(C(=O)O)o1. The van der Waals surface area contributed by atoms with Gasteiger partial charge in [0.1, 0.15) is 0 Å². The summed E-state index contributed by atoms with van der Waals surface area (Å²) in [6.45, 7) is 5.98. The van der Waals surface area contributed by atoms with E-state index in [1.165, 1.54) is 96.3 Å². The Morgan fingerprint density at radius 2 is 1.45 bits per heavy atom. The number of ether oxygens (including phenoxy) is 1. The van der Waals surface area contributed by atoms with Crippen molar-refractivity contribution in [2.24, 2.45) is 0 Å². The minimum absolute atomic E-state index is 0.0379. The zero-order valence-corrected chi connectivity index (χ0v) is 23.9. The van der Waals surface area contributed by atoms with Crippen LogP contribution in [-0.2, 0) is 11.2 Å². The van der Waals surface area contributed by atoms with Gasteiger partial charge in [-0.3, -0.25) is 9.69 Å². The quantitative estimate of drug-likeness (QED) is 0.203. The van der Waals surface area contributed by atoms with Crippen LogP contribution < -0.4 is 4.74 Å². The Kier molecular flexibility index (Phi) is 14.1. The van der Waals surface area contributed by atoms with Crippen LogP contribution in [0.2, 0.25) is 0 Å². The Morgan fingerprint density at radius 3 is 2.03 bits per heavy atom. The average Bonchev–Trinajstić information content (AvgIpc) is 3.34. The number of hydrogen-bond donors (Lipinski definition) is 1. The normalized spacial score (nSPS) is 17.1. The lowest BCUT2D eigenvalue weighted by Gasteiger charge is -2.40. The van der Waals surface area contributed by atoms with Crippen molar-refractivity contribution in [1.82, 2.24) is 9.80 Å². The third kappa shape index (κ3) is 10.6. The molecule has 0 spiro atoms. The van der Waals surface area contributed by atoms with Gasteiger partial charge in [-0.25, -0.2) is 4.79 Å². The number of rotatable bonds is 18. The van der Waals surface area contributed by atoms with Gasteiger partial charge in [0.2, 0.25) is 11.7 Å². The highest BCUT2D eigenvalue weighted by Crippen LogP contribution is 2.26. The fourth-order valence-electron chi connectivity index (χ4n) is 5.96.